The Morgan fingerprint density at radius 3 is 2.40 bits per heavy atom. The summed E-state index contributed by atoms with van der Waals surface area (Å²) in [6.45, 7) is 0. The number of carboxylic acid groups (broad SMARTS) is 1. The van der Waals surface area contributed by atoms with E-state index >= 15 is 0 Å². The van der Waals surface area contributed by atoms with Gasteiger partial charge in [-0.1, -0.05) is 0 Å². The molecular formula is C9H11NO5. The van der Waals surface area contributed by atoms with Crippen LogP contribution in [0, 0.1) is 0 Å². The lowest BCUT2D eigenvalue weighted by atomic mass is 10.1. The number of hydrogen-bond donors (Lipinski definition) is 3. The molecule has 0 atom stereocenters. The zero-order chi connectivity index (χ0) is 11.6. The monoisotopic (exact) mass is 213 g/mol. The standard InChI is InChI=1S/C9H11NO5/c1-14-5-3-4(9(12)13)6(10)8(15-2)7(5)11/h3,11H,10H2,1-2H3,(H,12,13). The van der Waals surface area contributed by atoms with Crippen LogP contribution in [0.15, 0.2) is 6.07 Å². The van der Waals surface area contributed by atoms with Gasteiger partial charge in [-0.15, -0.1) is 0 Å². The first kappa shape index (κ1) is 11.0. The maximum Gasteiger partial charge on any atom is 0.338 e. The van der Waals surface area contributed by atoms with Crippen molar-refractivity contribution in [2.24, 2.45) is 0 Å². The molecule has 0 aliphatic heterocycles. The van der Waals surface area contributed by atoms with E-state index in [1.54, 1.807) is 0 Å². The number of phenolic OH excluding ortho intramolecular Hbond substituents is 1. The van der Waals surface area contributed by atoms with E-state index in [9.17, 15) is 9.90 Å². The number of rotatable bonds is 3. The lowest BCUT2D eigenvalue weighted by Crippen LogP contribution is -2.05. The number of ether oxygens (including phenoxy) is 2. The number of nitrogen functional groups attached to an aromatic ring is 1. The minimum atomic E-state index is -1.22. The summed E-state index contributed by atoms with van der Waals surface area (Å²) >= 11 is 0. The zero-order valence-corrected chi connectivity index (χ0v) is 8.27. The Balaban J connectivity index is 3.51. The molecule has 15 heavy (non-hydrogen) atoms. The van der Waals surface area contributed by atoms with Crippen LogP contribution in [-0.4, -0.2) is 30.4 Å². The summed E-state index contributed by atoms with van der Waals surface area (Å²) in [5, 5.41) is 18.4. The third-order valence-corrected chi connectivity index (χ3v) is 1.91. The van der Waals surface area contributed by atoms with Crippen molar-refractivity contribution in [2.45, 2.75) is 0 Å². The molecule has 0 saturated heterocycles. The van der Waals surface area contributed by atoms with Crippen LogP contribution < -0.4 is 15.2 Å². The first-order valence-electron chi connectivity index (χ1n) is 3.99. The van der Waals surface area contributed by atoms with Gasteiger partial charge in [0.2, 0.25) is 5.75 Å². The van der Waals surface area contributed by atoms with Crippen molar-refractivity contribution >= 4 is 11.7 Å². The molecule has 0 fully saturated rings. The summed E-state index contributed by atoms with van der Waals surface area (Å²) in [6, 6.07) is 1.13. The minimum Gasteiger partial charge on any atom is -0.502 e. The van der Waals surface area contributed by atoms with Crippen molar-refractivity contribution in [1.29, 1.82) is 0 Å². The van der Waals surface area contributed by atoms with Gasteiger partial charge >= 0.3 is 5.97 Å². The summed E-state index contributed by atoms with van der Waals surface area (Å²) in [5.74, 6) is -1.64. The highest BCUT2D eigenvalue weighted by atomic mass is 16.5. The van der Waals surface area contributed by atoms with Gasteiger partial charge in [0.1, 0.15) is 0 Å². The van der Waals surface area contributed by atoms with Crippen molar-refractivity contribution in [3.63, 3.8) is 0 Å². The number of aromatic hydroxyl groups is 1. The number of methoxy groups -OCH3 is 2. The van der Waals surface area contributed by atoms with Crippen molar-refractivity contribution in [2.75, 3.05) is 20.0 Å². The molecule has 6 heteroatoms. The van der Waals surface area contributed by atoms with Crippen LogP contribution in [0.25, 0.3) is 0 Å². The van der Waals surface area contributed by atoms with E-state index in [0.29, 0.717) is 0 Å². The second kappa shape index (κ2) is 3.95. The van der Waals surface area contributed by atoms with Gasteiger partial charge in [0, 0.05) is 6.07 Å². The number of carbonyl (C=O) groups is 1. The molecule has 0 aliphatic rings. The fourth-order valence-corrected chi connectivity index (χ4v) is 1.18. The highest BCUT2D eigenvalue weighted by Gasteiger charge is 2.20. The Labute approximate surface area is 85.8 Å². The van der Waals surface area contributed by atoms with Crippen LogP contribution in [-0.2, 0) is 0 Å². The molecule has 4 N–H and O–H groups in total. The summed E-state index contributed by atoms with van der Waals surface area (Å²) < 4.78 is 9.58. The Hall–Kier alpha value is -2.11. The van der Waals surface area contributed by atoms with E-state index in [1.165, 1.54) is 14.2 Å². The van der Waals surface area contributed by atoms with Gasteiger partial charge in [-0.3, -0.25) is 0 Å². The lowest BCUT2D eigenvalue weighted by Gasteiger charge is -2.12. The predicted molar refractivity (Wildman–Crippen MR) is 52.6 cm³/mol. The summed E-state index contributed by atoms with van der Waals surface area (Å²) in [7, 11) is 2.58. The topological polar surface area (TPSA) is 102 Å². The van der Waals surface area contributed by atoms with Gasteiger partial charge in [-0.2, -0.15) is 0 Å². The SMILES string of the molecule is COc1cc(C(=O)O)c(N)c(OC)c1O. The third kappa shape index (κ3) is 1.74. The first-order chi connectivity index (χ1) is 7.02. The van der Waals surface area contributed by atoms with Crippen molar-refractivity contribution in [3.05, 3.63) is 11.6 Å². The summed E-state index contributed by atoms with van der Waals surface area (Å²) in [4.78, 5) is 10.8. The van der Waals surface area contributed by atoms with E-state index in [1.807, 2.05) is 0 Å². The Morgan fingerprint density at radius 2 is 2.00 bits per heavy atom. The average molecular weight is 213 g/mol. The fraction of sp³-hybridized carbons (Fsp3) is 0.222. The third-order valence-electron chi connectivity index (χ3n) is 1.91. The number of carboxylic acids is 1. The quantitative estimate of drug-likeness (QED) is 0.638. The van der Waals surface area contributed by atoms with Gasteiger partial charge < -0.3 is 25.4 Å². The molecule has 1 aromatic carbocycles. The summed E-state index contributed by atoms with van der Waals surface area (Å²) in [5.41, 5.74) is 5.18. The normalized spacial score (nSPS) is 9.73. The first-order valence-corrected chi connectivity index (χ1v) is 3.99. The number of nitrogens with two attached hydrogens (primary N) is 1. The van der Waals surface area contributed by atoms with E-state index in [2.05, 4.69) is 0 Å². The highest BCUT2D eigenvalue weighted by Crippen LogP contribution is 2.42. The van der Waals surface area contributed by atoms with Gasteiger partial charge in [0.25, 0.3) is 0 Å². The number of anilines is 1. The maximum absolute atomic E-state index is 10.8. The van der Waals surface area contributed by atoms with Crippen molar-refractivity contribution in [1.82, 2.24) is 0 Å². The lowest BCUT2D eigenvalue weighted by molar-refractivity contribution is 0.0697. The average Bonchev–Trinajstić information content (AvgIpc) is 2.18. The molecular weight excluding hydrogens is 202 g/mol. The Bertz CT molecular complexity index is 402. The largest absolute Gasteiger partial charge is 0.502 e. The smallest absolute Gasteiger partial charge is 0.338 e. The fourth-order valence-electron chi connectivity index (χ4n) is 1.18. The number of benzene rings is 1. The van der Waals surface area contributed by atoms with E-state index in [4.69, 9.17) is 20.3 Å². The minimum absolute atomic E-state index is 0.00144. The van der Waals surface area contributed by atoms with Crippen LogP contribution in [0.3, 0.4) is 0 Å². The highest BCUT2D eigenvalue weighted by molar-refractivity contribution is 5.97. The van der Waals surface area contributed by atoms with Crippen LogP contribution in [0.1, 0.15) is 10.4 Å². The molecule has 6 nitrogen and oxygen atoms in total. The molecule has 82 valence electrons. The molecule has 0 heterocycles. The molecule has 0 radical (unpaired) electrons. The van der Waals surface area contributed by atoms with Gasteiger partial charge in [-0.25, -0.2) is 4.79 Å². The predicted octanol–water partition coefficient (Wildman–Crippen LogP) is 0.690. The molecule has 1 rings (SSSR count). The van der Waals surface area contributed by atoms with E-state index in [-0.39, 0.29) is 28.5 Å². The zero-order valence-electron chi connectivity index (χ0n) is 8.27. The molecule has 0 aliphatic carbocycles. The molecule has 0 amide bonds. The van der Waals surface area contributed by atoms with Gasteiger partial charge in [0.05, 0.1) is 25.5 Å². The van der Waals surface area contributed by atoms with Gasteiger partial charge in [0.15, 0.2) is 11.5 Å². The number of aromatic carboxylic acids is 1. The molecule has 0 unspecified atom stereocenters. The van der Waals surface area contributed by atoms with Crippen LogP contribution in [0.4, 0.5) is 5.69 Å². The van der Waals surface area contributed by atoms with Crippen LogP contribution in [0.5, 0.6) is 17.2 Å². The second-order valence-corrected chi connectivity index (χ2v) is 2.73. The van der Waals surface area contributed by atoms with E-state index < -0.39 is 5.97 Å². The molecule has 0 spiro atoms. The molecule has 0 aromatic heterocycles. The van der Waals surface area contributed by atoms with Crippen molar-refractivity contribution in [3.8, 4) is 17.2 Å². The van der Waals surface area contributed by atoms with Crippen LogP contribution >= 0.6 is 0 Å². The maximum atomic E-state index is 10.8. The van der Waals surface area contributed by atoms with Gasteiger partial charge in [-0.05, 0) is 0 Å². The second-order valence-electron chi connectivity index (χ2n) is 2.73. The van der Waals surface area contributed by atoms with E-state index in [0.717, 1.165) is 6.07 Å². The van der Waals surface area contributed by atoms with Crippen LogP contribution in [0.2, 0.25) is 0 Å². The number of phenols is 1. The molecule has 1 aromatic rings. The molecule has 0 saturated carbocycles. The summed E-state index contributed by atoms with van der Waals surface area (Å²) in [6.07, 6.45) is 0. The van der Waals surface area contributed by atoms with Crippen molar-refractivity contribution < 1.29 is 24.5 Å². The Morgan fingerprint density at radius 1 is 1.40 bits per heavy atom. The molecule has 0 bridgehead atoms. The Kier molecular flexibility index (Phi) is 2.89. The number of hydrogen-bond acceptors (Lipinski definition) is 5.